The molecule has 0 aliphatic carbocycles. The van der Waals surface area contributed by atoms with Crippen molar-refractivity contribution in [3.63, 3.8) is 0 Å². The van der Waals surface area contributed by atoms with Gasteiger partial charge in [0.15, 0.2) is 11.5 Å². The topological polar surface area (TPSA) is 47.9 Å². The number of hydrogen-bond acceptors (Lipinski definition) is 4. The van der Waals surface area contributed by atoms with E-state index < -0.39 is 6.10 Å². The Labute approximate surface area is 108 Å². The minimum absolute atomic E-state index is 0.401. The van der Waals surface area contributed by atoms with Crippen LogP contribution >= 0.6 is 0 Å². The van der Waals surface area contributed by atoms with E-state index >= 15 is 0 Å². The predicted molar refractivity (Wildman–Crippen MR) is 70.5 cm³/mol. The zero-order chi connectivity index (χ0) is 13.7. The van der Waals surface area contributed by atoms with Crippen molar-refractivity contribution in [2.45, 2.75) is 26.4 Å². The van der Waals surface area contributed by atoms with Crippen LogP contribution in [-0.4, -0.2) is 26.4 Å². The SMILES string of the molecule is COc1cc(OC)c(C(O)CC(C)C)cc1OC. The molecule has 0 aromatic heterocycles. The number of aliphatic hydroxyl groups is 1. The van der Waals surface area contributed by atoms with Gasteiger partial charge in [-0.1, -0.05) is 13.8 Å². The van der Waals surface area contributed by atoms with Crippen LogP contribution in [0.2, 0.25) is 0 Å². The molecule has 18 heavy (non-hydrogen) atoms. The van der Waals surface area contributed by atoms with Crippen LogP contribution < -0.4 is 14.2 Å². The average Bonchev–Trinajstić information content (AvgIpc) is 2.36. The Bertz CT molecular complexity index is 388. The monoisotopic (exact) mass is 254 g/mol. The highest BCUT2D eigenvalue weighted by molar-refractivity contribution is 5.51. The normalized spacial score (nSPS) is 12.4. The third-order valence-corrected chi connectivity index (χ3v) is 2.79. The largest absolute Gasteiger partial charge is 0.496 e. The van der Waals surface area contributed by atoms with Gasteiger partial charge >= 0.3 is 0 Å². The molecule has 0 fully saturated rings. The summed E-state index contributed by atoms with van der Waals surface area (Å²) < 4.78 is 15.7. The Hall–Kier alpha value is -1.42. The molecule has 1 aromatic carbocycles. The van der Waals surface area contributed by atoms with Crippen molar-refractivity contribution in [3.05, 3.63) is 17.7 Å². The van der Waals surface area contributed by atoms with Gasteiger partial charge in [0, 0.05) is 11.6 Å². The summed E-state index contributed by atoms with van der Waals surface area (Å²) in [6.45, 7) is 4.13. The van der Waals surface area contributed by atoms with Crippen LogP contribution in [0.15, 0.2) is 12.1 Å². The maximum atomic E-state index is 10.2. The average molecular weight is 254 g/mol. The van der Waals surface area contributed by atoms with E-state index in [-0.39, 0.29) is 0 Å². The first kappa shape index (κ1) is 14.6. The van der Waals surface area contributed by atoms with Crippen molar-refractivity contribution in [2.24, 2.45) is 5.92 Å². The minimum Gasteiger partial charge on any atom is -0.496 e. The number of benzene rings is 1. The lowest BCUT2D eigenvalue weighted by atomic mass is 9.98. The molecule has 0 amide bonds. The van der Waals surface area contributed by atoms with Gasteiger partial charge in [-0.3, -0.25) is 0 Å². The molecule has 0 heterocycles. The lowest BCUT2D eigenvalue weighted by Crippen LogP contribution is -2.05. The summed E-state index contributed by atoms with van der Waals surface area (Å²) in [7, 11) is 4.72. The van der Waals surface area contributed by atoms with Crippen molar-refractivity contribution in [3.8, 4) is 17.2 Å². The van der Waals surface area contributed by atoms with Gasteiger partial charge in [-0.2, -0.15) is 0 Å². The summed E-state index contributed by atoms with van der Waals surface area (Å²) in [6.07, 6.45) is 0.103. The van der Waals surface area contributed by atoms with Crippen molar-refractivity contribution in [2.75, 3.05) is 21.3 Å². The molecule has 1 atom stereocenters. The smallest absolute Gasteiger partial charge is 0.164 e. The van der Waals surface area contributed by atoms with E-state index in [4.69, 9.17) is 14.2 Å². The van der Waals surface area contributed by atoms with E-state index in [9.17, 15) is 5.11 Å². The molecule has 0 aliphatic heterocycles. The number of hydrogen-bond donors (Lipinski definition) is 1. The van der Waals surface area contributed by atoms with Crippen LogP contribution in [-0.2, 0) is 0 Å². The van der Waals surface area contributed by atoms with Gasteiger partial charge in [-0.25, -0.2) is 0 Å². The van der Waals surface area contributed by atoms with E-state index in [0.717, 1.165) is 5.56 Å². The lowest BCUT2D eigenvalue weighted by molar-refractivity contribution is 0.147. The maximum absolute atomic E-state index is 10.2. The maximum Gasteiger partial charge on any atom is 0.164 e. The highest BCUT2D eigenvalue weighted by Gasteiger charge is 2.18. The van der Waals surface area contributed by atoms with Gasteiger partial charge in [0.05, 0.1) is 27.4 Å². The second-order valence-electron chi connectivity index (χ2n) is 4.59. The summed E-state index contributed by atoms with van der Waals surface area (Å²) in [4.78, 5) is 0. The van der Waals surface area contributed by atoms with E-state index in [2.05, 4.69) is 13.8 Å². The molecule has 0 bridgehead atoms. The van der Waals surface area contributed by atoms with Crippen molar-refractivity contribution < 1.29 is 19.3 Å². The second kappa shape index (κ2) is 6.50. The van der Waals surface area contributed by atoms with Gasteiger partial charge in [-0.15, -0.1) is 0 Å². The van der Waals surface area contributed by atoms with E-state index in [1.165, 1.54) is 0 Å². The summed E-state index contributed by atoms with van der Waals surface area (Å²) in [5.41, 5.74) is 0.726. The summed E-state index contributed by atoms with van der Waals surface area (Å²) in [6, 6.07) is 3.50. The molecule has 1 unspecified atom stereocenters. The fourth-order valence-electron chi connectivity index (χ4n) is 1.89. The lowest BCUT2D eigenvalue weighted by Gasteiger charge is -2.19. The second-order valence-corrected chi connectivity index (χ2v) is 4.59. The zero-order valence-electron chi connectivity index (χ0n) is 11.7. The highest BCUT2D eigenvalue weighted by Crippen LogP contribution is 2.38. The number of rotatable bonds is 6. The van der Waals surface area contributed by atoms with Gasteiger partial charge in [-0.05, 0) is 18.4 Å². The molecule has 1 N–H and O–H groups in total. The van der Waals surface area contributed by atoms with Crippen molar-refractivity contribution in [1.29, 1.82) is 0 Å². The molecule has 1 rings (SSSR count). The van der Waals surface area contributed by atoms with E-state index in [1.54, 1.807) is 33.5 Å². The first-order chi connectivity index (χ1) is 8.53. The standard InChI is InChI=1S/C14H22O4/c1-9(2)6-11(15)10-7-13(17-4)14(18-5)8-12(10)16-3/h7-9,11,15H,6H2,1-5H3. The fourth-order valence-corrected chi connectivity index (χ4v) is 1.89. The molecule has 0 saturated heterocycles. The van der Waals surface area contributed by atoms with Gasteiger partial charge in [0.2, 0.25) is 0 Å². The van der Waals surface area contributed by atoms with Crippen LogP contribution in [0.5, 0.6) is 17.2 Å². The Morgan fingerprint density at radius 2 is 1.44 bits per heavy atom. The highest BCUT2D eigenvalue weighted by atomic mass is 16.5. The first-order valence-corrected chi connectivity index (χ1v) is 6.01. The minimum atomic E-state index is -0.570. The Kier molecular flexibility index (Phi) is 5.28. The van der Waals surface area contributed by atoms with Crippen LogP contribution in [0.4, 0.5) is 0 Å². The Balaban J connectivity index is 3.16. The van der Waals surface area contributed by atoms with Crippen LogP contribution in [0.1, 0.15) is 31.9 Å². The quantitative estimate of drug-likeness (QED) is 0.848. The van der Waals surface area contributed by atoms with Crippen LogP contribution in [0.25, 0.3) is 0 Å². The first-order valence-electron chi connectivity index (χ1n) is 6.01. The molecular formula is C14H22O4. The van der Waals surface area contributed by atoms with Crippen molar-refractivity contribution in [1.82, 2.24) is 0 Å². The molecule has 0 spiro atoms. The van der Waals surface area contributed by atoms with Gasteiger partial charge in [0.1, 0.15) is 5.75 Å². The third-order valence-electron chi connectivity index (χ3n) is 2.79. The molecular weight excluding hydrogens is 232 g/mol. The predicted octanol–water partition coefficient (Wildman–Crippen LogP) is 2.79. The Morgan fingerprint density at radius 3 is 1.89 bits per heavy atom. The number of aliphatic hydroxyl groups excluding tert-OH is 1. The molecule has 0 saturated carbocycles. The van der Waals surface area contributed by atoms with Gasteiger partial charge in [0.25, 0.3) is 0 Å². The number of methoxy groups -OCH3 is 3. The molecule has 4 nitrogen and oxygen atoms in total. The van der Waals surface area contributed by atoms with Crippen LogP contribution in [0.3, 0.4) is 0 Å². The molecule has 102 valence electrons. The third kappa shape index (κ3) is 3.29. The molecule has 4 heteroatoms. The molecule has 0 aliphatic rings. The van der Waals surface area contributed by atoms with E-state index in [0.29, 0.717) is 29.6 Å². The summed E-state index contributed by atoms with van der Waals surface area (Å²) in [5.74, 6) is 2.20. The van der Waals surface area contributed by atoms with Gasteiger partial charge < -0.3 is 19.3 Å². The zero-order valence-corrected chi connectivity index (χ0v) is 11.7. The fraction of sp³-hybridized carbons (Fsp3) is 0.571. The van der Waals surface area contributed by atoms with Crippen molar-refractivity contribution >= 4 is 0 Å². The summed E-state index contributed by atoms with van der Waals surface area (Å²) in [5, 5.41) is 10.2. The number of ether oxygens (including phenoxy) is 3. The Morgan fingerprint density at radius 1 is 0.944 bits per heavy atom. The van der Waals surface area contributed by atoms with E-state index in [1.807, 2.05) is 0 Å². The molecule has 0 radical (unpaired) electrons. The molecule has 1 aromatic rings. The summed E-state index contributed by atoms with van der Waals surface area (Å²) >= 11 is 0. The van der Waals surface area contributed by atoms with Crippen LogP contribution in [0, 0.1) is 5.92 Å².